The Kier molecular flexibility index (Phi) is 4.49. The van der Waals surface area contributed by atoms with Crippen LogP contribution in [0, 0.1) is 0 Å². The Hall–Kier alpha value is -1.36. The maximum absolute atomic E-state index is 11.7. The van der Waals surface area contributed by atoms with Crippen LogP contribution in [-0.4, -0.2) is 16.9 Å². The molecule has 0 aliphatic carbocycles. The Morgan fingerprint density at radius 3 is 2.81 bits per heavy atom. The van der Waals surface area contributed by atoms with Gasteiger partial charge in [-0.3, -0.25) is 4.79 Å². The van der Waals surface area contributed by atoms with Gasteiger partial charge in [0, 0.05) is 18.9 Å². The van der Waals surface area contributed by atoms with Crippen molar-refractivity contribution < 1.29 is 9.21 Å². The highest BCUT2D eigenvalue weighted by Crippen LogP contribution is 2.08. The van der Waals surface area contributed by atoms with Crippen molar-refractivity contribution in [2.24, 2.45) is 5.73 Å². The van der Waals surface area contributed by atoms with E-state index in [0.717, 1.165) is 12.2 Å². The molecule has 1 aromatic rings. The zero-order chi connectivity index (χ0) is 12.1. The largest absolute Gasteiger partial charge is 0.456 e. The fourth-order valence-corrected chi connectivity index (χ4v) is 1.59. The fraction of sp³-hybridized carbons (Fsp3) is 0.455. The standard InChI is InChI=1S/C11H16N2O2S/c1-3-8-4-5-9(15-8)11(14)13-7(2)6-10(12)16/h4-5,7H,3,6H2,1-2H3,(H2,12,16)(H,13,14). The van der Waals surface area contributed by atoms with Gasteiger partial charge < -0.3 is 15.5 Å². The first-order valence-electron chi connectivity index (χ1n) is 5.20. The monoisotopic (exact) mass is 240 g/mol. The summed E-state index contributed by atoms with van der Waals surface area (Å²) in [4.78, 5) is 12.1. The van der Waals surface area contributed by atoms with Crippen LogP contribution < -0.4 is 11.1 Å². The minimum absolute atomic E-state index is 0.0832. The molecule has 1 heterocycles. The van der Waals surface area contributed by atoms with Gasteiger partial charge in [0.2, 0.25) is 0 Å². The molecule has 1 unspecified atom stereocenters. The number of rotatable bonds is 5. The first-order chi connectivity index (χ1) is 7.52. The molecule has 0 aliphatic rings. The highest BCUT2D eigenvalue weighted by atomic mass is 32.1. The number of nitrogens with one attached hydrogen (secondary N) is 1. The molecule has 88 valence electrons. The molecule has 0 bridgehead atoms. The van der Waals surface area contributed by atoms with E-state index >= 15 is 0 Å². The Bertz CT molecular complexity index is 387. The zero-order valence-corrected chi connectivity index (χ0v) is 10.3. The number of carbonyl (C=O) groups is 1. The van der Waals surface area contributed by atoms with Crippen LogP contribution in [0.3, 0.4) is 0 Å². The van der Waals surface area contributed by atoms with Gasteiger partial charge in [-0.1, -0.05) is 19.1 Å². The second-order valence-corrected chi connectivity index (χ2v) is 4.19. The minimum atomic E-state index is -0.233. The molecule has 0 aromatic carbocycles. The summed E-state index contributed by atoms with van der Waals surface area (Å²) in [6.07, 6.45) is 1.26. The molecule has 1 aromatic heterocycles. The van der Waals surface area contributed by atoms with E-state index in [9.17, 15) is 4.79 Å². The summed E-state index contributed by atoms with van der Waals surface area (Å²) in [5.74, 6) is 0.891. The first kappa shape index (κ1) is 12.7. The average molecular weight is 240 g/mol. The first-order valence-corrected chi connectivity index (χ1v) is 5.61. The zero-order valence-electron chi connectivity index (χ0n) is 9.45. The van der Waals surface area contributed by atoms with Crippen LogP contribution in [0.4, 0.5) is 0 Å². The number of thiocarbonyl (C=S) groups is 1. The molecule has 0 radical (unpaired) electrons. The normalized spacial score (nSPS) is 12.1. The second-order valence-electron chi connectivity index (χ2n) is 3.66. The quantitative estimate of drug-likeness (QED) is 0.768. The molecule has 3 N–H and O–H groups in total. The molecule has 4 nitrogen and oxygen atoms in total. The minimum Gasteiger partial charge on any atom is -0.456 e. The van der Waals surface area contributed by atoms with Crippen LogP contribution in [0.1, 0.15) is 36.6 Å². The van der Waals surface area contributed by atoms with Gasteiger partial charge in [-0.15, -0.1) is 0 Å². The lowest BCUT2D eigenvalue weighted by Crippen LogP contribution is -2.35. The van der Waals surface area contributed by atoms with Crippen LogP contribution >= 0.6 is 12.2 Å². The number of hydrogen-bond donors (Lipinski definition) is 2. The SMILES string of the molecule is CCc1ccc(C(=O)NC(C)CC(N)=S)o1. The van der Waals surface area contributed by atoms with Gasteiger partial charge in [0.15, 0.2) is 5.76 Å². The highest BCUT2D eigenvalue weighted by Gasteiger charge is 2.13. The van der Waals surface area contributed by atoms with E-state index in [2.05, 4.69) is 5.32 Å². The third-order valence-electron chi connectivity index (χ3n) is 2.12. The smallest absolute Gasteiger partial charge is 0.287 e. The molecule has 1 rings (SSSR count). The lowest BCUT2D eigenvalue weighted by Gasteiger charge is -2.11. The van der Waals surface area contributed by atoms with Crippen LogP contribution in [0.5, 0.6) is 0 Å². The van der Waals surface area contributed by atoms with Gasteiger partial charge in [-0.05, 0) is 19.1 Å². The predicted octanol–water partition coefficient (Wildman–Crippen LogP) is 1.64. The van der Waals surface area contributed by atoms with Gasteiger partial charge in [-0.2, -0.15) is 0 Å². The predicted molar refractivity (Wildman–Crippen MR) is 66.4 cm³/mol. The Morgan fingerprint density at radius 2 is 2.31 bits per heavy atom. The molecule has 0 saturated carbocycles. The summed E-state index contributed by atoms with van der Waals surface area (Å²) in [5, 5.41) is 2.76. The molecule has 0 aliphatic heterocycles. The summed E-state index contributed by atoms with van der Waals surface area (Å²) in [5.41, 5.74) is 5.39. The molecular formula is C11H16N2O2S. The van der Waals surface area contributed by atoms with Crippen molar-refractivity contribution >= 4 is 23.1 Å². The van der Waals surface area contributed by atoms with Gasteiger partial charge in [-0.25, -0.2) is 0 Å². The summed E-state index contributed by atoms with van der Waals surface area (Å²) < 4.78 is 5.32. The summed E-state index contributed by atoms with van der Waals surface area (Å²) >= 11 is 4.77. The van der Waals surface area contributed by atoms with Crippen molar-refractivity contribution in [1.82, 2.24) is 5.32 Å². The lowest BCUT2D eigenvalue weighted by molar-refractivity contribution is 0.0911. The van der Waals surface area contributed by atoms with E-state index in [4.69, 9.17) is 22.4 Å². The van der Waals surface area contributed by atoms with E-state index in [1.54, 1.807) is 12.1 Å². The van der Waals surface area contributed by atoms with Crippen molar-refractivity contribution in [2.75, 3.05) is 0 Å². The van der Waals surface area contributed by atoms with Gasteiger partial charge in [0.1, 0.15) is 5.76 Å². The molecule has 1 amide bonds. The number of amides is 1. The van der Waals surface area contributed by atoms with Crippen molar-refractivity contribution in [1.29, 1.82) is 0 Å². The molecule has 0 fully saturated rings. The molecule has 0 saturated heterocycles. The van der Waals surface area contributed by atoms with Crippen LogP contribution in [0.15, 0.2) is 16.5 Å². The van der Waals surface area contributed by atoms with Crippen molar-refractivity contribution in [2.45, 2.75) is 32.7 Å². The van der Waals surface area contributed by atoms with Crippen LogP contribution in [-0.2, 0) is 6.42 Å². The Labute approximate surface area is 100 Å². The van der Waals surface area contributed by atoms with Gasteiger partial charge in [0.05, 0.1) is 4.99 Å². The molecule has 0 spiro atoms. The van der Waals surface area contributed by atoms with Gasteiger partial charge in [0.25, 0.3) is 5.91 Å². The number of hydrogen-bond acceptors (Lipinski definition) is 3. The van der Waals surface area contributed by atoms with Crippen molar-refractivity contribution in [3.05, 3.63) is 23.7 Å². The number of carbonyl (C=O) groups excluding carboxylic acids is 1. The van der Waals surface area contributed by atoms with Crippen molar-refractivity contribution in [3.8, 4) is 0 Å². The summed E-state index contributed by atoms with van der Waals surface area (Å²) in [7, 11) is 0. The molecule has 16 heavy (non-hydrogen) atoms. The number of furan rings is 1. The molecule has 1 atom stereocenters. The van der Waals surface area contributed by atoms with Gasteiger partial charge >= 0.3 is 0 Å². The third kappa shape index (κ3) is 3.66. The fourth-order valence-electron chi connectivity index (χ4n) is 1.34. The Morgan fingerprint density at radius 1 is 1.62 bits per heavy atom. The van der Waals surface area contributed by atoms with Crippen molar-refractivity contribution in [3.63, 3.8) is 0 Å². The summed E-state index contributed by atoms with van der Waals surface area (Å²) in [6.45, 7) is 3.82. The average Bonchev–Trinajstić information content (AvgIpc) is 2.64. The maximum Gasteiger partial charge on any atom is 0.287 e. The topological polar surface area (TPSA) is 68.3 Å². The van der Waals surface area contributed by atoms with E-state index in [-0.39, 0.29) is 11.9 Å². The molecular weight excluding hydrogens is 224 g/mol. The van der Waals surface area contributed by atoms with E-state index < -0.39 is 0 Å². The Balaban J connectivity index is 2.54. The summed E-state index contributed by atoms with van der Waals surface area (Å²) in [6, 6.07) is 3.38. The molecule has 5 heteroatoms. The second kappa shape index (κ2) is 5.65. The van der Waals surface area contributed by atoms with Crippen LogP contribution in [0.25, 0.3) is 0 Å². The number of aryl methyl sites for hydroxylation is 1. The lowest BCUT2D eigenvalue weighted by atomic mass is 10.2. The van der Waals surface area contributed by atoms with E-state index in [1.165, 1.54) is 0 Å². The van der Waals surface area contributed by atoms with E-state index in [0.29, 0.717) is 17.2 Å². The van der Waals surface area contributed by atoms with E-state index in [1.807, 2.05) is 13.8 Å². The highest BCUT2D eigenvalue weighted by molar-refractivity contribution is 7.80. The maximum atomic E-state index is 11.7. The third-order valence-corrected chi connectivity index (χ3v) is 2.29. The number of nitrogens with two attached hydrogens (primary N) is 1. The van der Waals surface area contributed by atoms with Crippen LogP contribution in [0.2, 0.25) is 0 Å².